The van der Waals surface area contributed by atoms with Crippen molar-refractivity contribution in [3.05, 3.63) is 75.8 Å². The van der Waals surface area contributed by atoms with E-state index < -0.39 is 0 Å². The third kappa shape index (κ3) is 4.90. The van der Waals surface area contributed by atoms with Gasteiger partial charge in [0.15, 0.2) is 0 Å². The van der Waals surface area contributed by atoms with Crippen LogP contribution in [0.2, 0.25) is 0 Å². The second kappa shape index (κ2) is 8.27. The number of nitrogens with one attached hydrogen (secondary N) is 1. The zero-order valence-corrected chi connectivity index (χ0v) is 15.8. The van der Waals surface area contributed by atoms with Gasteiger partial charge in [0, 0.05) is 17.1 Å². The number of hydrogen-bond donors (Lipinski definition) is 1. The van der Waals surface area contributed by atoms with Gasteiger partial charge in [0.05, 0.1) is 0 Å². The molecule has 25 heavy (non-hydrogen) atoms. The molecule has 0 aliphatic heterocycles. The molecule has 6 heteroatoms. The average molecular weight is 370 g/mol. The van der Waals surface area contributed by atoms with Gasteiger partial charge in [0.2, 0.25) is 5.13 Å². The fourth-order valence-corrected chi connectivity index (χ4v) is 4.02. The Morgan fingerprint density at radius 3 is 2.60 bits per heavy atom. The van der Waals surface area contributed by atoms with Crippen molar-refractivity contribution in [2.24, 2.45) is 0 Å². The SMILES string of the molecule is Cc1ccc(C(=O)Nc2nnc(CSCc3ccccc3)s2)cc1C. The molecule has 1 aromatic heterocycles. The molecule has 3 aromatic rings. The molecule has 0 spiro atoms. The average Bonchev–Trinajstić information content (AvgIpc) is 3.05. The molecule has 2 aromatic carbocycles. The highest BCUT2D eigenvalue weighted by atomic mass is 32.2. The van der Waals surface area contributed by atoms with Crippen LogP contribution in [-0.4, -0.2) is 16.1 Å². The molecular weight excluding hydrogens is 350 g/mol. The molecule has 0 radical (unpaired) electrons. The summed E-state index contributed by atoms with van der Waals surface area (Å²) in [6.07, 6.45) is 0. The Balaban J connectivity index is 1.54. The van der Waals surface area contributed by atoms with Crippen molar-refractivity contribution in [1.29, 1.82) is 0 Å². The van der Waals surface area contributed by atoms with Crippen LogP contribution in [0.3, 0.4) is 0 Å². The molecule has 0 unspecified atom stereocenters. The number of nitrogens with zero attached hydrogens (tertiary/aromatic N) is 2. The van der Waals surface area contributed by atoms with Crippen LogP contribution < -0.4 is 5.32 Å². The van der Waals surface area contributed by atoms with Crippen molar-refractivity contribution in [3.63, 3.8) is 0 Å². The van der Waals surface area contributed by atoms with Crippen molar-refractivity contribution < 1.29 is 4.79 Å². The molecule has 0 saturated heterocycles. The van der Waals surface area contributed by atoms with E-state index in [1.54, 1.807) is 11.8 Å². The number of aryl methyl sites for hydroxylation is 2. The number of amides is 1. The zero-order valence-electron chi connectivity index (χ0n) is 14.2. The molecule has 0 bridgehead atoms. The van der Waals surface area contributed by atoms with Crippen LogP contribution in [-0.2, 0) is 11.5 Å². The Hall–Kier alpha value is -2.18. The van der Waals surface area contributed by atoms with Gasteiger partial charge in [0.1, 0.15) is 5.01 Å². The van der Waals surface area contributed by atoms with Gasteiger partial charge < -0.3 is 0 Å². The van der Waals surface area contributed by atoms with Crippen molar-refractivity contribution >= 4 is 34.1 Å². The predicted octanol–water partition coefficient (Wildman–Crippen LogP) is 4.84. The minimum atomic E-state index is -0.150. The molecule has 0 saturated carbocycles. The van der Waals surface area contributed by atoms with Crippen LogP contribution in [0, 0.1) is 13.8 Å². The van der Waals surface area contributed by atoms with E-state index in [4.69, 9.17) is 0 Å². The quantitative estimate of drug-likeness (QED) is 0.675. The molecule has 1 heterocycles. The highest BCUT2D eigenvalue weighted by Crippen LogP contribution is 2.23. The van der Waals surface area contributed by atoms with Gasteiger partial charge in [-0.05, 0) is 42.7 Å². The van der Waals surface area contributed by atoms with Gasteiger partial charge in [-0.3, -0.25) is 10.1 Å². The highest BCUT2D eigenvalue weighted by molar-refractivity contribution is 7.97. The Bertz CT molecular complexity index is 862. The third-order valence-corrected chi connectivity index (χ3v) is 5.83. The minimum absolute atomic E-state index is 0.150. The number of hydrogen-bond acceptors (Lipinski definition) is 5. The summed E-state index contributed by atoms with van der Waals surface area (Å²) in [7, 11) is 0. The molecule has 128 valence electrons. The Kier molecular flexibility index (Phi) is 5.83. The van der Waals surface area contributed by atoms with E-state index in [-0.39, 0.29) is 5.91 Å². The summed E-state index contributed by atoms with van der Waals surface area (Å²) < 4.78 is 0. The Morgan fingerprint density at radius 1 is 1.04 bits per heavy atom. The van der Waals surface area contributed by atoms with Gasteiger partial charge in [0.25, 0.3) is 5.91 Å². The number of anilines is 1. The van der Waals surface area contributed by atoms with Crippen molar-refractivity contribution in [3.8, 4) is 0 Å². The minimum Gasteiger partial charge on any atom is -0.296 e. The first-order valence-corrected chi connectivity index (χ1v) is 9.91. The lowest BCUT2D eigenvalue weighted by Gasteiger charge is -2.04. The van der Waals surface area contributed by atoms with E-state index in [0.29, 0.717) is 10.7 Å². The second-order valence-corrected chi connectivity index (χ2v) is 7.78. The smallest absolute Gasteiger partial charge is 0.257 e. The van der Waals surface area contributed by atoms with Crippen LogP contribution in [0.25, 0.3) is 0 Å². The van der Waals surface area contributed by atoms with Gasteiger partial charge in [-0.15, -0.1) is 22.0 Å². The first-order chi connectivity index (χ1) is 12.1. The summed E-state index contributed by atoms with van der Waals surface area (Å²) in [5, 5.41) is 12.5. The first-order valence-electron chi connectivity index (χ1n) is 7.94. The van der Waals surface area contributed by atoms with E-state index in [1.165, 1.54) is 22.5 Å². The normalized spacial score (nSPS) is 10.6. The Morgan fingerprint density at radius 2 is 1.84 bits per heavy atom. The van der Waals surface area contributed by atoms with Gasteiger partial charge in [-0.25, -0.2) is 0 Å². The lowest BCUT2D eigenvalue weighted by atomic mass is 10.1. The summed E-state index contributed by atoms with van der Waals surface area (Å²) in [4.78, 5) is 12.3. The van der Waals surface area contributed by atoms with Crippen LogP contribution in [0.5, 0.6) is 0 Å². The first kappa shape index (κ1) is 17.6. The highest BCUT2D eigenvalue weighted by Gasteiger charge is 2.11. The van der Waals surface area contributed by atoms with Crippen LogP contribution >= 0.6 is 23.1 Å². The van der Waals surface area contributed by atoms with Crippen LogP contribution in [0.15, 0.2) is 48.5 Å². The van der Waals surface area contributed by atoms with Crippen molar-refractivity contribution in [2.75, 3.05) is 5.32 Å². The van der Waals surface area contributed by atoms with Crippen molar-refractivity contribution in [1.82, 2.24) is 10.2 Å². The number of thioether (sulfide) groups is 1. The van der Waals surface area contributed by atoms with Crippen molar-refractivity contribution in [2.45, 2.75) is 25.4 Å². The maximum absolute atomic E-state index is 12.3. The monoisotopic (exact) mass is 369 g/mol. The fourth-order valence-electron chi connectivity index (χ4n) is 2.24. The summed E-state index contributed by atoms with van der Waals surface area (Å²) in [5.41, 5.74) is 4.20. The Labute approximate surface area is 155 Å². The molecule has 1 amide bonds. The largest absolute Gasteiger partial charge is 0.296 e. The predicted molar refractivity (Wildman–Crippen MR) is 105 cm³/mol. The maximum Gasteiger partial charge on any atom is 0.257 e. The number of aromatic nitrogens is 2. The third-order valence-electron chi connectivity index (χ3n) is 3.79. The number of rotatable bonds is 6. The number of carbonyl (C=O) groups is 1. The molecule has 0 aliphatic carbocycles. The molecule has 0 fully saturated rings. The molecular formula is C19H19N3OS2. The fraction of sp³-hybridized carbons (Fsp3) is 0.211. The number of benzene rings is 2. The second-order valence-electron chi connectivity index (χ2n) is 5.73. The molecule has 0 atom stereocenters. The summed E-state index contributed by atoms with van der Waals surface area (Å²) in [6.45, 7) is 4.03. The zero-order chi connectivity index (χ0) is 17.6. The van der Waals surface area contributed by atoms with Crippen LogP contribution in [0.4, 0.5) is 5.13 Å². The summed E-state index contributed by atoms with van der Waals surface area (Å²) >= 11 is 3.21. The summed E-state index contributed by atoms with van der Waals surface area (Å²) in [6, 6.07) is 16.0. The standard InChI is InChI=1S/C19H19N3OS2/c1-13-8-9-16(10-14(13)2)18(23)20-19-22-21-17(25-19)12-24-11-15-6-4-3-5-7-15/h3-10H,11-12H2,1-2H3,(H,20,22,23). The molecule has 0 aliphatic rings. The topological polar surface area (TPSA) is 54.9 Å². The van der Waals surface area contributed by atoms with Gasteiger partial charge in [-0.2, -0.15) is 0 Å². The van der Waals surface area contributed by atoms with E-state index in [2.05, 4.69) is 27.6 Å². The van der Waals surface area contributed by atoms with E-state index in [1.807, 2.05) is 50.2 Å². The number of carbonyl (C=O) groups excluding carboxylic acids is 1. The molecule has 1 N–H and O–H groups in total. The van der Waals surface area contributed by atoms with Crippen LogP contribution in [0.1, 0.15) is 32.1 Å². The maximum atomic E-state index is 12.3. The van der Waals surface area contributed by atoms with Gasteiger partial charge in [-0.1, -0.05) is 47.7 Å². The van der Waals surface area contributed by atoms with E-state index >= 15 is 0 Å². The lowest BCUT2D eigenvalue weighted by Crippen LogP contribution is -2.12. The summed E-state index contributed by atoms with van der Waals surface area (Å²) in [5.74, 6) is 1.57. The lowest BCUT2D eigenvalue weighted by molar-refractivity contribution is 0.102. The van der Waals surface area contributed by atoms with Gasteiger partial charge >= 0.3 is 0 Å². The van der Waals surface area contributed by atoms with E-state index in [0.717, 1.165) is 22.1 Å². The molecule has 3 rings (SSSR count). The van der Waals surface area contributed by atoms with E-state index in [9.17, 15) is 4.79 Å². The molecule has 4 nitrogen and oxygen atoms in total.